The SMILES string of the molecule is COC(=O)c1cc(C)ccc1NC(=O)CSC. The molecule has 1 N–H and O–H groups in total. The van der Waals surface area contributed by atoms with Crippen molar-refractivity contribution in [1.29, 1.82) is 0 Å². The highest BCUT2D eigenvalue weighted by molar-refractivity contribution is 7.99. The van der Waals surface area contributed by atoms with Crippen LogP contribution in [0, 0.1) is 6.92 Å². The van der Waals surface area contributed by atoms with Crippen molar-refractivity contribution in [3.63, 3.8) is 0 Å². The number of hydrogen-bond acceptors (Lipinski definition) is 4. The van der Waals surface area contributed by atoms with Crippen LogP contribution in [0.1, 0.15) is 15.9 Å². The van der Waals surface area contributed by atoms with Gasteiger partial charge in [-0.1, -0.05) is 11.6 Å². The van der Waals surface area contributed by atoms with E-state index in [-0.39, 0.29) is 5.91 Å². The summed E-state index contributed by atoms with van der Waals surface area (Å²) in [5.41, 5.74) is 1.80. The molecule has 0 aliphatic heterocycles. The molecule has 0 spiro atoms. The van der Waals surface area contributed by atoms with Gasteiger partial charge in [-0.3, -0.25) is 4.79 Å². The third kappa shape index (κ3) is 3.78. The highest BCUT2D eigenvalue weighted by atomic mass is 32.2. The average molecular weight is 253 g/mol. The normalized spacial score (nSPS) is 9.82. The third-order valence-corrected chi connectivity index (χ3v) is 2.68. The van der Waals surface area contributed by atoms with Gasteiger partial charge in [0.15, 0.2) is 0 Å². The summed E-state index contributed by atoms with van der Waals surface area (Å²) in [5.74, 6) is -0.228. The van der Waals surface area contributed by atoms with E-state index in [1.165, 1.54) is 18.9 Å². The molecule has 0 heterocycles. The first-order valence-electron chi connectivity index (χ1n) is 5.06. The number of amides is 1. The monoisotopic (exact) mass is 253 g/mol. The van der Waals surface area contributed by atoms with Gasteiger partial charge in [0, 0.05) is 0 Å². The number of ether oxygens (including phenoxy) is 1. The maximum atomic E-state index is 11.5. The van der Waals surface area contributed by atoms with E-state index < -0.39 is 5.97 Å². The molecule has 0 radical (unpaired) electrons. The molecule has 0 bridgehead atoms. The number of methoxy groups -OCH3 is 1. The number of benzene rings is 1. The second-order valence-corrected chi connectivity index (χ2v) is 4.39. The van der Waals surface area contributed by atoms with Gasteiger partial charge in [0.2, 0.25) is 5.91 Å². The molecule has 0 saturated heterocycles. The molecular weight excluding hydrogens is 238 g/mol. The second-order valence-electron chi connectivity index (χ2n) is 3.52. The number of rotatable bonds is 4. The molecule has 5 heteroatoms. The maximum Gasteiger partial charge on any atom is 0.339 e. The molecule has 92 valence electrons. The summed E-state index contributed by atoms with van der Waals surface area (Å²) in [7, 11) is 1.32. The van der Waals surface area contributed by atoms with Crippen molar-refractivity contribution in [1.82, 2.24) is 0 Å². The number of hydrogen-bond donors (Lipinski definition) is 1. The fraction of sp³-hybridized carbons (Fsp3) is 0.333. The van der Waals surface area contributed by atoms with Crippen molar-refractivity contribution < 1.29 is 14.3 Å². The van der Waals surface area contributed by atoms with Crippen molar-refractivity contribution in [3.05, 3.63) is 29.3 Å². The Labute approximate surface area is 105 Å². The van der Waals surface area contributed by atoms with Crippen LogP contribution in [0.5, 0.6) is 0 Å². The first-order valence-corrected chi connectivity index (χ1v) is 6.45. The zero-order valence-electron chi connectivity index (χ0n) is 10.1. The van der Waals surface area contributed by atoms with E-state index in [1.807, 2.05) is 19.2 Å². The van der Waals surface area contributed by atoms with Gasteiger partial charge in [0.25, 0.3) is 0 Å². The Morgan fingerprint density at radius 1 is 1.41 bits per heavy atom. The quantitative estimate of drug-likeness (QED) is 0.835. The summed E-state index contributed by atoms with van der Waals surface area (Å²) in [6.45, 7) is 1.87. The second kappa shape index (κ2) is 6.30. The summed E-state index contributed by atoms with van der Waals surface area (Å²) in [5, 5.41) is 2.69. The van der Waals surface area contributed by atoms with Crippen LogP contribution < -0.4 is 5.32 Å². The van der Waals surface area contributed by atoms with Crippen LogP contribution in [-0.2, 0) is 9.53 Å². The molecule has 0 aliphatic rings. The minimum Gasteiger partial charge on any atom is -0.465 e. The van der Waals surface area contributed by atoms with Gasteiger partial charge in [-0.2, -0.15) is 11.8 Å². The molecular formula is C12H15NO3S. The van der Waals surface area contributed by atoms with Crippen LogP contribution in [0.15, 0.2) is 18.2 Å². The van der Waals surface area contributed by atoms with Crippen LogP contribution in [0.4, 0.5) is 5.69 Å². The van der Waals surface area contributed by atoms with Crippen LogP contribution in [0.3, 0.4) is 0 Å². The van der Waals surface area contributed by atoms with Crippen molar-refractivity contribution in [2.45, 2.75) is 6.92 Å². The van der Waals surface area contributed by atoms with Crippen LogP contribution in [0.2, 0.25) is 0 Å². The summed E-state index contributed by atoms with van der Waals surface area (Å²) in [6.07, 6.45) is 1.84. The van der Waals surface area contributed by atoms with E-state index in [0.29, 0.717) is 17.0 Å². The predicted molar refractivity (Wildman–Crippen MR) is 69.5 cm³/mol. The Morgan fingerprint density at radius 2 is 2.12 bits per heavy atom. The third-order valence-electron chi connectivity index (χ3n) is 2.13. The van der Waals surface area contributed by atoms with Crippen molar-refractivity contribution in [2.24, 2.45) is 0 Å². The standard InChI is InChI=1S/C12H15NO3S/c1-8-4-5-10(13-11(14)7-17-3)9(6-8)12(15)16-2/h4-6H,7H2,1-3H3,(H,13,14). The van der Waals surface area contributed by atoms with E-state index in [1.54, 1.807) is 12.1 Å². The van der Waals surface area contributed by atoms with Gasteiger partial charge in [-0.05, 0) is 25.3 Å². The van der Waals surface area contributed by atoms with Gasteiger partial charge >= 0.3 is 5.97 Å². The van der Waals surface area contributed by atoms with Crippen LogP contribution in [0.25, 0.3) is 0 Å². The molecule has 1 rings (SSSR count). The van der Waals surface area contributed by atoms with Crippen molar-refractivity contribution in [2.75, 3.05) is 24.4 Å². The highest BCUT2D eigenvalue weighted by Crippen LogP contribution is 2.18. The lowest BCUT2D eigenvalue weighted by Gasteiger charge is -2.10. The molecule has 0 saturated carbocycles. The smallest absolute Gasteiger partial charge is 0.339 e. The first kappa shape index (κ1) is 13.6. The fourth-order valence-corrected chi connectivity index (χ4v) is 1.70. The Hall–Kier alpha value is -1.49. The molecule has 0 aromatic heterocycles. The summed E-state index contributed by atoms with van der Waals surface area (Å²) in [6, 6.07) is 5.24. The lowest BCUT2D eigenvalue weighted by atomic mass is 10.1. The number of thioether (sulfide) groups is 1. The lowest BCUT2D eigenvalue weighted by Crippen LogP contribution is -2.17. The summed E-state index contributed by atoms with van der Waals surface area (Å²) < 4.78 is 4.68. The number of carbonyl (C=O) groups excluding carboxylic acids is 2. The maximum absolute atomic E-state index is 11.5. The first-order chi connectivity index (χ1) is 8.08. The van der Waals surface area contributed by atoms with Crippen molar-refractivity contribution in [3.8, 4) is 0 Å². The van der Waals surface area contributed by atoms with E-state index in [0.717, 1.165) is 5.56 Å². The largest absolute Gasteiger partial charge is 0.465 e. The Bertz CT molecular complexity index is 432. The molecule has 1 aromatic rings. The van der Waals surface area contributed by atoms with E-state index in [9.17, 15) is 9.59 Å². The highest BCUT2D eigenvalue weighted by Gasteiger charge is 2.13. The Morgan fingerprint density at radius 3 is 2.71 bits per heavy atom. The zero-order valence-corrected chi connectivity index (χ0v) is 10.9. The number of carbonyl (C=O) groups is 2. The van der Waals surface area contributed by atoms with Gasteiger partial charge in [0.1, 0.15) is 0 Å². The Kier molecular flexibility index (Phi) is 5.03. The summed E-state index contributed by atoms with van der Waals surface area (Å²) >= 11 is 1.42. The molecule has 0 unspecified atom stereocenters. The van der Waals surface area contributed by atoms with Gasteiger partial charge in [-0.25, -0.2) is 4.79 Å². The van der Waals surface area contributed by atoms with Crippen LogP contribution >= 0.6 is 11.8 Å². The van der Waals surface area contributed by atoms with Gasteiger partial charge in [-0.15, -0.1) is 0 Å². The van der Waals surface area contributed by atoms with E-state index in [4.69, 9.17) is 0 Å². The number of anilines is 1. The molecule has 1 amide bonds. The van der Waals surface area contributed by atoms with Gasteiger partial charge in [0.05, 0.1) is 24.1 Å². The number of nitrogens with one attached hydrogen (secondary N) is 1. The Balaban J connectivity index is 2.98. The molecule has 0 atom stereocenters. The predicted octanol–water partition coefficient (Wildman–Crippen LogP) is 2.08. The molecule has 4 nitrogen and oxygen atoms in total. The molecule has 1 aromatic carbocycles. The van der Waals surface area contributed by atoms with Gasteiger partial charge < -0.3 is 10.1 Å². The van der Waals surface area contributed by atoms with Crippen molar-refractivity contribution >= 4 is 29.3 Å². The number of esters is 1. The zero-order chi connectivity index (χ0) is 12.8. The molecule has 17 heavy (non-hydrogen) atoms. The minimum atomic E-state index is -0.451. The molecule has 0 fully saturated rings. The lowest BCUT2D eigenvalue weighted by molar-refractivity contribution is -0.113. The molecule has 0 aliphatic carbocycles. The fourth-order valence-electron chi connectivity index (χ4n) is 1.36. The van der Waals surface area contributed by atoms with E-state index in [2.05, 4.69) is 10.1 Å². The average Bonchev–Trinajstić information content (AvgIpc) is 2.30. The topological polar surface area (TPSA) is 55.4 Å². The van der Waals surface area contributed by atoms with Crippen LogP contribution in [-0.4, -0.2) is 31.0 Å². The minimum absolute atomic E-state index is 0.133. The van der Waals surface area contributed by atoms with E-state index >= 15 is 0 Å². The number of aryl methyl sites for hydroxylation is 1. The summed E-state index contributed by atoms with van der Waals surface area (Å²) in [4.78, 5) is 23.0.